The van der Waals surface area contributed by atoms with Gasteiger partial charge >= 0.3 is 0 Å². The zero-order valence-electron chi connectivity index (χ0n) is 10.8. The van der Waals surface area contributed by atoms with Gasteiger partial charge in [0.15, 0.2) is 0 Å². The van der Waals surface area contributed by atoms with Gasteiger partial charge in [-0.1, -0.05) is 35.9 Å². The van der Waals surface area contributed by atoms with Crippen molar-refractivity contribution in [2.75, 3.05) is 19.7 Å². The molecule has 1 aliphatic rings. The molecule has 0 aliphatic carbocycles. The minimum absolute atomic E-state index is 0.0698. The largest absolute Gasteiger partial charge is 0.370 e. The van der Waals surface area contributed by atoms with Crippen LogP contribution < -0.4 is 0 Å². The molecule has 1 amide bonds. The number of morpholine rings is 1. The Balaban J connectivity index is 1.77. The van der Waals surface area contributed by atoms with Crippen LogP contribution in [0.2, 0.25) is 5.02 Å². The van der Waals surface area contributed by atoms with Crippen molar-refractivity contribution in [2.24, 2.45) is 0 Å². The lowest BCUT2D eigenvalue weighted by Gasteiger charge is -2.33. The van der Waals surface area contributed by atoms with Crippen molar-refractivity contribution in [2.45, 2.75) is 6.10 Å². The highest BCUT2D eigenvalue weighted by atomic mass is 35.5. The first kappa shape index (κ1) is 13.6. The molecular formula is C15H14ClNO2S. The second-order valence-electron chi connectivity index (χ2n) is 4.61. The van der Waals surface area contributed by atoms with E-state index in [0.29, 0.717) is 24.7 Å². The summed E-state index contributed by atoms with van der Waals surface area (Å²) in [6.07, 6.45) is -0.152. The lowest BCUT2D eigenvalue weighted by Crippen LogP contribution is -2.42. The van der Waals surface area contributed by atoms with Crippen molar-refractivity contribution in [3.8, 4) is 0 Å². The minimum atomic E-state index is -0.152. The van der Waals surface area contributed by atoms with E-state index >= 15 is 0 Å². The Labute approximate surface area is 126 Å². The summed E-state index contributed by atoms with van der Waals surface area (Å²) < 4.78 is 5.77. The third kappa shape index (κ3) is 2.73. The fraction of sp³-hybridized carbons (Fsp3) is 0.267. The van der Waals surface area contributed by atoms with Gasteiger partial charge in [-0.15, -0.1) is 11.3 Å². The van der Waals surface area contributed by atoms with Gasteiger partial charge in [0, 0.05) is 17.1 Å². The maximum Gasteiger partial charge on any atom is 0.264 e. The molecule has 104 valence electrons. The molecular weight excluding hydrogens is 294 g/mol. The predicted octanol–water partition coefficient (Wildman–Crippen LogP) is 3.62. The highest BCUT2D eigenvalue weighted by Crippen LogP contribution is 2.29. The van der Waals surface area contributed by atoms with E-state index in [1.54, 1.807) is 0 Å². The van der Waals surface area contributed by atoms with Gasteiger partial charge in [0.2, 0.25) is 0 Å². The van der Waals surface area contributed by atoms with Gasteiger partial charge in [-0.2, -0.15) is 0 Å². The van der Waals surface area contributed by atoms with Crippen LogP contribution in [0.15, 0.2) is 41.8 Å². The Morgan fingerprint density at radius 2 is 2.15 bits per heavy atom. The number of thiophene rings is 1. The number of carbonyl (C=O) groups is 1. The molecule has 0 saturated carbocycles. The van der Waals surface area contributed by atoms with Crippen LogP contribution >= 0.6 is 22.9 Å². The number of nitrogens with zero attached hydrogens (tertiary/aromatic N) is 1. The van der Waals surface area contributed by atoms with Gasteiger partial charge < -0.3 is 9.64 Å². The molecule has 5 heteroatoms. The molecule has 1 fully saturated rings. The second-order valence-corrected chi connectivity index (χ2v) is 5.96. The highest BCUT2D eigenvalue weighted by Gasteiger charge is 2.27. The Hall–Kier alpha value is -1.36. The smallest absolute Gasteiger partial charge is 0.264 e. The number of benzene rings is 1. The van der Waals surface area contributed by atoms with Crippen molar-refractivity contribution in [1.82, 2.24) is 4.90 Å². The van der Waals surface area contributed by atoms with Crippen molar-refractivity contribution in [1.29, 1.82) is 0 Å². The van der Waals surface area contributed by atoms with E-state index in [4.69, 9.17) is 16.3 Å². The predicted molar refractivity (Wildman–Crippen MR) is 80.4 cm³/mol. The third-order valence-electron chi connectivity index (χ3n) is 3.34. The summed E-state index contributed by atoms with van der Waals surface area (Å²) in [6.45, 7) is 1.70. The lowest BCUT2D eigenvalue weighted by atomic mass is 10.1. The van der Waals surface area contributed by atoms with Crippen molar-refractivity contribution < 1.29 is 9.53 Å². The van der Waals surface area contributed by atoms with Crippen LogP contribution in [0.25, 0.3) is 0 Å². The molecule has 3 rings (SSSR count). The fourth-order valence-corrected chi connectivity index (χ4v) is 3.26. The van der Waals surface area contributed by atoms with E-state index in [2.05, 4.69) is 0 Å². The van der Waals surface area contributed by atoms with Crippen LogP contribution in [0, 0.1) is 0 Å². The molecule has 0 bridgehead atoms. The standard InChI is InChI=1S/C15H14ClNO2S/c16-12-5-2-1-4-11(12)13-10-17(7-8-19-13)15(18)14-6-3-9-20-14/h1-6,9,13H,7-8,10H2. The zero-order chi connectivity index (χ0) is 13.9. The van der Waals surface area contributed by atoms with Gasteiger partial charge in [0.1, 0.15) is 6.10 Å². The Morgan fingerprint density at radius 3 is 2.90 bits per heavy atom. The van der Waals surface area contributed by atoms with E-state index in [9.17, 15) is 4.79 Å². The Morgan fingerprint density at radius 1 is 1.30 bits per heavy atom. The van der Waals surface area contributed by atoms with Gasteiger partial charge in [0.25, 0.3) is 5.91 Å². The summed E-state index contributed by atoms with van der Waals surface area (Å²) in [5.74, 6) is 0.0698. The molecule has 0 radical (unpaired) electrons. The molecule has 1 aliphatic heterocycles. The van der Waals surface area contributed by atoms with Crippen molar-refractivity contribution in [3.05, 3.63) is 57.2 Å². The molecule has 1 aromatic heterocycles. The first-order chi connectivity index (χ1) is 9.75. The summed E-state index contributed by atoms with van der Waals surface area (Å²) >= 11 is 7.67. The van der Waals surface area contributed by atoms with E-state index in [1.807, 2.05) is 46.7 Å². The SMILES string of the molecule is O=C(c1cccs1)N1CCOC(c2ccccc2Cl)C1. The molecule has 1 unspecified atom stereocenters. The zero-order valence-corrected chi connectivity index (χ0v) is 12.4. The van der Waals surface area contributed by atoms with Crippen LogP contribution in [-0.4, -0.2) is 30.5 Å². The maximum absolute atomic E-state index is 12.4. The first-order valence-electron chi connectivity index (χ1n) is 6.44. The number of ether oxygens (including phenoxy) is 1. The van der Waals surface area contributed by atoms with Crippen LogP contribution in [0.3, 0.4) is 0 Å². The molecule has 3 nitrogen and oxygen atoms in total. The number of hydrogen-bond acceptors (Lipinski definition) is 3. The normalized spacial score (nSPS) is 19.1. The van der Waals surface area contributed by atoms with Crippen LogP contribution in [0.4, 0.5) is 0 Å². The van der Waals surface area contributed by atoms with Gasteiger partial charge in [-0.3, -0.25) is 4.79 Å². The summed E-state index contributed by atoms with van der Waals surface area (Å²) in [7, 11) is 0. The fourth-order valence-electron chi connectivity index (χ4n) is 2.31. The number of hydrogen-bond donors (Lipinski definition) is 0. The van der Waals surface area contributed by atoms with Crippen molar-refractivity contribution >= 4 is 28.8 Å². The summed E-state index contributed by atoms with van der Waals surface area (Å²) in [6, 6.07) is 11.4. The number of halogens is 1. The Kier molecular flexibility index (Phi) is 4.05. The Bertz CT molecular complexity index is 600. The average molecular weight is 308 g/mol. The van der Waals surface area contributed by atoms with Crippen LogP contribution in [-0.2, 0) is 4.74 Å². The van der Waals surface area contributed by atoms with E-state index in [1.165, 1.54) is 11.3 Å². The average Bonchev–Trinajstić information content (AvgIpc) is 3.01. The van der Waals surface area contributed by atoms with Gasteiger partial charge in [-0.25, -0.2) is 0 Å². The number of amides is 1. The minimum Gasteiger partial charge on any atom is -0.370 e. The van der Waals surface area contributed by atoms with Gasteiger partial charge in [-0.05, 0) is 17.5 Å². The number of carbonyl (C=O) groups excluding carboxylic acids is 1. The topological polar surface area (TPSA) is 29.5 Å². The molecule has 2 heterocycles. The molecule has 1 saturated heterocycles. The first-order valence-corrected chi connectivity index (χ1v) is 7.70. The van der Waals surface area contributed by atoms with E-state index in [-0.39, 0.29) is 12.0 Å². The summed E-state index contributed by atoms with van der Waals surface area (Å²) in [4.78, 5) is 15.0. The summed E-state index contributed by atoms with van der Waals surface area (Å²) in [5.41, 5.74) is 0.942. The molecule has 0 spiro atoms. The molecule has 1 atom stereocenters. The van der Waals surface area contributed by atoms with Crippen LogP contribution in [0.1, 0.15) is 21.3 Å². The third-order valence-corrected chi connectivity index (χ3v) is 4.54. The van der Waals surface area contributed by atoms with E-state index < -0.39 is 0 Å². The number of rotatable bonds is 2. The molecule has 2 aromatic rings. The van der Waals surface area contributed by atoms with Crippen LogP contribution in [0.5, 0.6) is 0 Å². The summed E-state index contributed by atoms with van der Waals surface area (Å²) in [5, 5.41) is 2.60. The second kappa shape index (κ2) is 5.95. The van der Waals surface area contributed by atoms with Crippen molar-refractivity contribution in [3.63, 3.8) is 0 Å². The monoisotopic (exact) mass is 307 g/mol. The van der Waals surface area contributed by atoms with Gasteiger partial charge in [0.05, 0.1) is 18.0 Å². The lowest BCUT2D eigenvalue weighted by molar-refractivity contribution is -0.0226. The molecule has 20 heavy (non-hydrogen) atoms. The van der Waals surface area contributed by atoms with E-state index in [0.717, 1.165) is 10.4 Å². The molecule has 0 N–H and O–H groups in total. The quantitative estimate of drug-likeness (QED) is 0.848. The molecule has 1 aromatic carbocycles. The maximum atomic E-state index is 12.4. The highest BCUT2D eigenvalue weighted by molar-refractivity contribution is 7.12.